The fraction of sp³-hybridized carbons (Fsp3) is 0.227. The second-order valence-electron chi connectivity index (χ2n) is 6.93. The van der Waals surface area contributed by atoms with Crippen molar-refractivity contribution in [2.24, 2.45) is 0 Å². The topological polar surface area (TPSA) is 62.3 Å². The summed E-state index contributed by atoms with van der Waals surface area (Å²) in [6.45, 7) is 2.78. The number of nitrogens with zero attached hydrogens (tertiary/aromatic N) is 2. The van der Waals surface area contributed by atoms with Gasteiger partial charge in [-0.3, -0.25) is 9.59 Å². The molecule has 0 bridgehead atoms. The number of aryl methyl sites for hydroxylation is 1. The first kappa shape index (κ1) is 18.4. The van der Waals surface area contributed by atoms with Crippen LogP contribution in [0.1, 0.15) is 24.1 Å². The highest BCUT2D eigenvalue weighted by Gasteiger charge is 2.21. The van der Waals surface area contributed by atoms with Crippen LogP contribution >= 0.6 is 11.3 Å². The maximum absolute atomic E-state index is 12.4. The molecule has 142 valence electrons. The summed E-state index contributed by atoms with van der Waals surface area (Å²) in [5.74, 6) is 0.0141. The molecule has 3 aromatic rings. The van der Waals surface area contributed by atoms with Crippen molar-refractivity contribution in [1.29, 1.82) is 0 Å². The molecule has 1 fully saturated rings. The number of anilines is 2. The molecule has 28 heavy (non-hydrogen) atoms. The standard InChI is InChI=1S/C22H21N3O2S/c1-15-7-9-16(10-8-15)22-24-18(14-28-22)13-20(26)23-17-4-2-5-19(12-17)25-11-3-6-21(25)27/h2,4-5,7-10,12,14H,3,6,11,13H2,1H3,(H,23,26). The van der Waals surface area contributed by atoms with Gasteiger partial charge in [0.1, 0.15) is 5.01 Å². The van der Waals surface area contributed by atoms with Gasteiger partial charge in [0.2, 0.25) is 11.8 Å². The molecule has 0 spiro atoms. The molecule has 1 aliphatic heterocycles. The maximum atomic E-state index is 12.4. The molecule has 2 amide bonds. The van der Waals surface area contributed by atoms with E-state index in [-0.39, 0.29) is 18.2 Å². The summed E-state index contributed by atoms with van der Waals surface area (Å²) >= 11 is 1.54. The predicted octanol–water partition coefficient (Wildman–Crippen LogP) is 4.43. The van der Waals surface area contributed by atoms with Gasteiger partial charge in [-0.1, -0.05) is 35.9 Å². The van der Waals surface area contributed by atoms with Crippen molar-refractivity contribution in [2.75, 3.05) is 16.8 Å². The van der Waals surface area contributed by atoms with E-state index in [2.05, 4.69) is 29.4 Å². The first-order valence-corrected chi connectivity index (χ1v) is 10.2. The van der Waals surface area contributed by atoms with E-state index in [1.807, 2.05) is 41.8 Å². The Hall–Kier alpha value is -2.99. The van der Waals surface area contributed by atoms with Crippen molar-refractivity contribution >= 4 is 34.5 Å². The van der Waals surface area contributed by atoms with Gasteiger partial charge in [0.25, 0.3) is 0 Å². The smallest absolute Gasteiger partial charge is 0.230 e. The molecule has 1 saturated heterocycles. The molecule has 2 aromatic carbocycles. The largest absolute Gasteiger partial charge is 0.326 e. The SMILES string of the molecule is Cc1ccc(-c2nc(CC(=O)Nc3cccc(N4CCCC4=O)c3)cs2)cc1. The highest BCUT2D eigenvalue weighted by atomic mass is 32.1. The third kappa shape index (κ3) is 4.12. The lowest BCUT2D eigenvalue weighted by molar-refractivity contribution is -0.117. The van der Waals surface area contributed by atoms with Gasteiger partial charge in [-0.05, 0) is 31.5 Å². The normalized spacial score (nSPS) is 13.8. The summed E-state index contributed by atoms with van der Waals surface area (Å²) < 4.78 is 0. The maximum Gasteiger partial charge on any atom is 0.230 e. The summed E-state index contributed by atoms with van der Waals surface area (Å²) in [4.78, 5) is 30.7. The highest BCUT2D eigenvalue weighted by molar-refractivity contribution is 7.13. The van der Waals surface area contributed by atoms with Crippen molar-refractivity contribution in [1.82, 2.24) is 4.98 Å². The summed E-state index contributed by atoms with van der Waals surface area (Å²) in [7, 11) is 0. The van der Waals surface area contributed by atoms with Crippen LogP contribution in [0.15, 0.2) is 53.9 Å². The number of carbonyl (C=O) groups is 2. The average Bonchev–Trinajstić information content (AvgIpc) is 3.31. The van der Waals surface area contributed by atoms with Crippen LogP contribution in [0.3, 0.4) is 0 Å². The van der Waals surface area contributed by atoms with Gasteiger partial charge in [0.15, 0.2) is 0 Å². The number of hydrogen-bond acceptors (Lipinski definition) is 4. The van der Waals surface area contributed by atoms with Gasteiger partial charge in [0, 0.05) is 35.3 Å². The fourth-order valence-corrected chi connectivity index (χ4v) is 4.09. The van der Waals surface area contributed by atoms with E-state index in [4.69, 9.17) is 0 Å². The molecular weight excluding hydrogens is 370 g/mol. The van der Waals surface area contributed by atoms with Crippen LogP contribution in [0.25, 0.3) is 10.6 Å². The van der Waals surface area contributed by atoms with E-state index in [1.54, 1.807) is 16.2 Å². The zero-order valence-corrected chi connectivity index (χ0v) is 16.5. The molecule has 5 nitrogen and oxygen atoms in total. The van der Waals surface area contributed by atoms with Crippen molar-refractivity contribution < 1.29 is 9.59 Å². The molecule has 0 atom stereocenters. The Balaban J connectivity index is 1.41. The lowest BCUT2D eigenvalue weighted by Gasteiger charge is -2.16. The van der Waals surface area contributed by atoms with E-state index in [0.717, 1.165) is 34.9 Å². The van der Waals surface area contributed by atoms with E-state index in [1.165, 1.54) is 5.56 Å². The Morgan fingerprint density at radius 2 is 2.04 bits per heavy atom. The summed E-state index contributed by atoms with van der Waals surface area (Å²) in [5.41, 5.74) is 4.54. The van der Waals surface area contributed by atoms with Crippen molar-refractivity contribution in [3.8, 4) is 10.6 Å². The van der Waals surface area contributed by atoms with Crippen LogP contribution in [0.4, 0.5) is 11.4 Å². The lowest BCUT2D eigenvalue weighted by Crippen LogP contribution is -2.23. The number of carbonyl (C=O) groups excluding carboxylic acids is 2. The number of nitrogens with one attached hydrogen (secondary N) is 1. The minimum atomic E-state index is -0.120. The minimum Gasteiger partial charge on any atom is -0.326 e. The molecule has 1 aliphatic rings. The summed E-state index contributed by atoms with van der Waals surface area (Å²) in [6, 6.07) is 15.6. The molecule has 2 heterocycles. The van der Waals surface area contributed by atoms with Crippen LogP contribution in [0, 0.1) is 6.92 Å². The predicted molar refractivity (Wildman–Crippen MR) is 113 cm³/mol. The number of thiazole rings is 1. The summed E-state index contributed by atoms with van der Waals surface area (Å²) in [5, 5.41) is 5.75. The quantitative estimate of drug-likeness (QED) is 0.700. The Labute approximate surface area is 168 Å². The Kier molecular flexibility index (Phi) is 5.21. The highest BCUT2D eigenvalue weighted by Crippen LogP contribution is 2.26. The van der Waals surface area contributed by atoms with E-state index in [9.17, 15) is 9.59 Å². The average molecular weight is 391 g/mol. The minimum absolute atomic E-state index is 0.120. The molecule has 4 rings (SSSR count). The lowest BCUT2D eigenvalue weighted by atomic mass is 10.2. The zero-order valence-electron chi connectivity index (χ0n) is 15.6. The van der Waals surface area contributed by atoms with Gasteiger partial charge in [-0.2, -0.15) is 0 Å². The first-order valence-electron chi connectivity index (χ1n) is 9.30. The van der Waals surface area contributed by atoms with E-state index >= 15 is 0 Å². The molecule has 0 aliphatic carbocycles. The first-order chi connectivity index (χ1) is 13.6. The van der Waals surface area contributed by atoms with Crippen LogP contribution in [-0.4, -0.2) is 23.3 Å². The number of hydrogen-bond donors (Lipinski definition) is 1. The van der Waals surface area contributed by atoms with Crippen LogP contribution in [0.2, 0.25) is 0 Å². The summed E-state index contributed by atoms with van der Waals surface area (Å²) in [6.07, 6.45) is 1.68. The molecule has 0 saturated carbocycles. The van der Waals surface area contributed by atoms with Crippen LogP contribution in [0.5, 0.6) is 0 Å². The molecule has 6 heteroatoms. The van der Waals surface area contributed by atoms with E-state index in [0.29, 0.717) is 12.1 Å². The number of amides is 2. The van der Waals surface area contributed by atoms with Crippen LogP contribution < -0.4 is 10.2 Å². The monoisotopic (exact) mass is 391 g/mol. The third-order valence-electron chi connectivity index (χ3n) is 4.71. The second-order valence-corrected chi connectivity index (χ2v) is 7.79. The zero-order chi connectivity index (χ0) is 19.5. The van der Waals surface area contributed by atoms with Crippen molar-refractivity contribution in [2.45, 2.75) is 26.2 Å². The molecule has 0 radical (unpaired) electrons. The Morgan fingerprint density at radius 1 is 1.21 bits per heavy atom. The van der Waals surface area contributed by atoms with Gasteiger partial charge in [-0.25, -0.2) is 4.98 Å². The number of benzene rings is 2. The third-order valence-corrected chi connectivity index (χ3v) is 5.65. The van der Waals surface area contributed by atoms with Gasteiger partial charge >= 0.3 is 0 Å². The molecule has 1 N–H and O–H groups in total. The molecule has 1 aromatic heterocycles. The van der Waals surface area contributed by atoms with Crippen molar-refractivity contribution in [3.05, 3.63) is 65.2 Å². The molecular formula is C22H21N3O2S. The number of rotatable bonds is 5. The van der Waals surface area contributed by atoms with Gasteiger partial charge in [0.05, 0.1) is 12.1 Å². The van der Waals surface area contributed by atoms with Crippen molar-refractivity contribution in [3.63, 3.8) is 0 Å². The Morgan fingerprint density at radius 3 is 2.79 bits per heavy atom. The number of aromatic nitrogens is 1. The molecule has 0 unspecified atom stereocenters. The fourth-order valence-electron chi connectivity index (χ4n) is 3.26. The Bertz CT molecular complexity index is 1010. The van der Waals surface area contributed by atoms with Gasteiger partial charge < -0.3 is 10.2 Å². The van der Waals surface area contributed by atoms with Crippen LogP contribution in [-0.2, 0) is 16.0 Å². The second kappa shape index (κ2) is 7.94. The van der Waals surface area contributed by atoms with Gasteiger partial charge in [-0.15, -0.1) is 11.3 Å². The van der Waals surface area contributed by atoms with E-state index < -0.39 is 0 Å².